The van der Waals surface area contributed by atoms with Crippen LogP contribution in [0.1, 0.15) is 37.7 Å². The summed E-state index contributed by atoms with van der Waals surface area (Å²) in [5, 5.41) is 0.793. The first-order valence-electron chi connectivity index (χ1n) is 13.5. The molecule has 0 aromatic heterocycles. The number of hydrogen-bond acceptors (Lipinski definition) is 4. The molecule has 2 aromatic rings. The Balaban J connectivity index is 1.15. The summed E-state index contributed by atoms with van der Waals surface area (Å²) in [6, 6.07) is 15.4. The Hall–Kier alpha value is -2.15. The predicted octanol–water partition coefficient (Wildman–Crippen LogP) is 4.89. The van der Waals surface area contributed by atoms with Crippen LogP contribution in [0.5, 0.6) is 0 Å². The third-order valence-corrected chi connectivity index (χ3v) is 8.47. The molecule has 0 N–H and O–H groups in total. The van der Waals surface area contributed by atoms with Crippen molar-refractivity contribution in [3.05, 3.63) is 64.9 Å². The first-order chi connectivity index (χ1) is 17.5. The van der Waals surface area contributed by atoms with Crippen LogP contribution < -0.4 is 4.90 Å². The van der Waals surface area contributed by atoms with Crippen LogP contribution in [0.4, 0.5) is 10.1 Å². The van der Waals surface area contributed by atoms with Crippen molar-refractivity contribution in [3.8, 4) is 0 Å². The summed E-state index contributed by atoms with van der Waals surface area (Å²) >= 11 is 6.22. The number of piperidine rings is 1. The number of carbonyl (C=O) groups excluding carboxylic acids is 1. The highest BCUT2D eigenvalue weighted by Gasteiger charge is 2.35. The van der Waals surface area contributed by atoms with Crippen molar-refractivity contribution in [2.45, 2.75) is 44.7 Å². The van der Waals surface area contributed by atoms with Gasteiger partial charge in [-0.15, -0.1) is 0 Å². The van der Waals surface area contributed by atoms with Crippen molar-refractivity contribution in [3.63, 3.8) is 0 Å². The number of halogens is 2. The molecular weight excluding hydrogens is 475 g/mol. The Kier molecular flexibility index (Phi) is 8.45. The van der Waals surface area contributed by atoms with Crippen molar-refractivity contribution in [1.29, 1.82) is 0 Å². The molecule has 2 atom stereocenters. The van der Waals surface area contributed by atoms with Crippen molar-refractivity contribution in [1.82, 2.24) is 14.7 Å². The Morgan fingerprint density at radius 2 is 1.69 bits per heavy atom. The quantitative estimate of drug-likeness (QED) is 0.528. The minimum atomic E-state index is -0.214. The summed E-state index contributed by atoms with van der Waals surface area (Å²) in [5.41, 5.74) is 2.29. The second-order valence-corrected chi connectivity index (χ2v) is 11.0. The molecule has 1 amide bonds. The van der Waals surface area contributed by atoms with Crippen molar-refractivity contribution < 1.29 is 9.18 Å². The lowest BCUT2D eigenvalue weighted by atomic mass is 9.86. The topological polar surface area (TPSA) is 30.0 Å². The fourth-order valence-corrected chi connectivity index (χ4v) is 6.52. The lowest BCUT2D eigenvalue weighted by Crippen LogP contribution is -2.51. The Bertz CT molecular complexity index is 1000. The molecule has 3 saturated heterocycles. The maximum absolute atomic E-state index is 13.3. The van der Waals surface area contributed by atoms with Crippen LogP contribution in [0.3, 0.4) is 0 Å². The predicted molar refractivity (Wildman–Crippen MR) is 144 cm³/mol. The molecule has 3 heterocycles. The van der Waals surface area contributed by atoms with Gasteiger partial charge in [-0.1, -0.05) is 23.7 Å². The normalized spacial score (nSPS) is 23.8. The lowest BCUT2D eigenvalue weighted by molar-refractivity contribution is -0.132. The number of benzene rings is 2. The lowest BCUT2D eigenvalue weighted by Gasteiger charge is -2.43. The highest BCUT2D eigenvalue weighted by atomic mass is 35.5. The van der Waals surface area contributed by atoms with Crippen LogP contribution in [-0.2, 0) is 11.3 Å². The largest absolute Gasteiger partial charge is 0.368 e. The van der Waals surface area contributed by atoms with Crippen molar-refractivity contribution >= 4 is 23.2 Å². The number of nitrogens with zero attached hydrogens (tertiary/aromatic N) is 4. The molecule has 0 spiro atoms. The maximum atomic E-state index is 13.3. The molecule has 3 fully saturated rings. The van der Waals surface area contributed by atoms with Gasteiger partial charge in [0.1, 0.15) is 5.82 Å². The molecule has 2 aromatic carbocycles. The van der Waals surface area contributed by atoms with Crippen molar-refractivity contribution in [2.75, 3.05) is 57.3 Å². The number of amides is 1. The molecule has 5 rings (SSSR count). The zero-order chi connectivity index (χ0) is 24.9. The third kappa shape index (κ3) is 6.39. The molecule has 0 radical (unpaired) electrons. The molecule has 194 valence electrons. The van der Waals surface area contributed by atoms with E-state index in [-0.39, 0.29) is 11.7 Å². The minimum Gasteiger partial charge on any atom is -0.368 e. The number of likely N-dealkylation sites (tertiary alicyclic amines) is 2. The third-order valence-electron chi connectivity index (χ3n) is 8.24. The Morgan fingerprint density at radius 1 is 0.944 bits per heavy atom. The standard InChI is InChI=1S/C29H38ClFN4O/c30-25-5-3-4-23(20-25)21-32-15-12-28(34-13-1-2-14-34)24(22-32)6-11-29(36)35-18-16-33(17-19-35)27-9-7-26(31)8-10-27/h3-5,7-10,20,24,28H,1-2,6,11-19,21-22H2/t24-,28+/m1/s1. The minimum absolute atomic E-state index is 0.214. The summed E-state index contributed by atoms with van der Waals surface area (Å²) in [6.45, 7) is 8.53. The van der Waals surface area contributed by atoms with E-state index in [0.29, 0.717) is 18.4 Å². The maximum Gasteiger partial charge on any atom is 0.222 e. The summed E-state index contributed by atoms with van der Waals surface area (Å²) < 4.78 is 13.3. The van der Waals surface area contributed by atoms with Gasteiger partial charge in [0.2, 0.25) is 5.91 Å². The van der Waals surface area contributed by atoms with Gasteiger partial charge in [-0.2, -0.15) is 0 Å². The van der Waals surface area contributed by atoms with Crippen molar-refractivity contribution in [2.24, 2.45) is 5.92 Å². The van der Waals surface area contributed by atoms with Gasteiger partial charge in [0.15, 0.2) is 0 Å². The van der Waals surface area contributed by atoms with Crippen LogP contribution in [0.25, 0.3) is 0 Å². The molecule has 3 aliphatic heterocycles. The second-order valence-electron chi connectivity index (χ2n) is 10.6. The average Bonchev–Trinajstić information content (AvgIpc) is 3.43. The number of anilines is 1. The molecule has 0 saturated carbocycles. The molecule has 0 aliphatic carbocycles. The van der Waals surface area contributed by atoms with Crippen LogP contribution >= 0.6 is 11.6 Å². The second kappa shape index (κ2) is 11.9. The zero-order valence-corrected chi connectivity index (χ0v) is 21.9. The van der Waals surface area contributed by atoms with Gasteiger partial charge in [0.25, 0.3) is 0 Å². The molecule has 5 nitrogen and oxygen atoms in total. The summed E-state index contributed by atoms with van der Waals surface area (Å²) in [5.74, 6) is 0.579. The molecule has 7 heteroatoms. The Labute approximate surface area is 219 Å². The summed E-state index contributed by atoms with van der Waals surface area (Å²) in [7, 11) is 0. The van der Waals surface area contributed by atoms with Gasteiger partial charge in [0.05, 0.1) is 0 Å². The first-order valence-corrected chi connectivity index (χ1v) is 13.9. The first kappa shape index (κ1) is 25.5. The van der Waals surface area contributed by atoms with E-state index in [4.69, 9.17) is 11.6 Å². The fraction of sp³-hybridized carbons (Fsp3) is 0.552. The van der Waals surface area contributed by atoms with Gasteiger partial charge in [-0.05, 0) is 93.2 Å². The van der Waals surface area contributed by atoms with E-state index in [1.807, 2.05) is 29.2 Å². The van der Waals surface area contributed by atoms with Gasteiger partial charge >= 0.3 is 0 Å². The fourth-order valence-electron chi connectivity index (χ4n) is 6.30. The van der Waals surface area contributed by atoms with E-state index in [9.17, 15) is 9.18 Å². The molecule has 3 aliphatic rings. The molecule has 0 bridgehead atoms. The summed E-state index contributed by atoms with van der Waals surface area (Å²) in [6.07, 6.45) is 5.34. The number of rotatable bonds is 7. The van der Waals surface area contributed by atoms with Gasteiger partial charge in [-0.25, -0.2) is 4.39 Å². The number of carbonyl (C=O) groups is 1. The van der Waals surface area contributed by atoms with Gasteiger partial charge in [0, 0.05) is 62.4 Å². The highest BCUT2D eigenvalue weighted by Crippen LogP contribution is 2.30. The van der Waals surface area contributed by atoms with Crippen LogP contribution in [0.15, 0.2) is 48.5 Å². The highest BCUT2D eigenvalue weighted by molar-refractivity contribution is 6.30. The van der Waals surface area contributed by atoms with Crippen LogP contribution in [0.2, 0.25) is 5.02 Å². The van der Waals surface area contributed by atoms with E-state index in [1.165, 1.54) is 50.0 Å². The average molecular weight is 513 g/mol. The Morgan fingerprint density at radius 3 is 2.42 bits per heavy atom. The van der Waals surface area contributed by atoms with Crippen LogP contribution in [0, 0.1) is 11.7 Å². The van der Waals surface area contributed by atoms with Gasteiger partial charge in [-0.3, -0.25) is 9.69 Å². The van der Waals surface area contributed by atoms with E-state index >= 15 is 0 Å². The zero-order valence-electron chi connectivity index (χ0n) is 21.1. The van der Waals surface area contributed by atoms with E-state index in [0.717, 1.165) is 62.9 Å². The number of hydrogen-bond donors (Lipinski definition) is 0. The smallest absolute Gasteiger partial charge is 0.222 e. The SMILES string of the molecule is O=C(CC[C@@H]1CN(Cc2cccc(Cl)c2)CC[C@@H]1N1CCCC1)N1CCN(c2ccc(F)cc2)CC1. The van der Waals surface area contributed by atoms with E-state index in [1.54, 1.807) is 0 Å². The number of piperazine rings is 1. The monoisotopic (exact) mass is 512 g/mol. The molecule has 0 unspecified atom stereocenters. The van der Waals surface area contributed by atoms with E-state index in [2.05, 4.69) is 26.8 Å². The molecular formula is C29H38ClFN4O. The van der Waals surface area contributed by atoms with E-state index < -0.39 is 0 Å². The molecule has 36 heavy (non-hydrogen) atoms. The van der Waals surface area contributed by atoms with Gasteiger partial charge < -0.3 is 14.7 Å². The summed E-state index contributed by atoms with van der Waals surface area (Å²) in [4.78, 5) is 22.7. The van der Waals surface area contributed by atoms with Crippen LogP contribution in [-0.4, -0.2) is 79.0 Å².